The van der Waals surface area contributed by atoms with Crippen molar-refractivity contribution in [3.05, 3.63) is 82.3 Å². The van der Waals surface area contributed by atoms with Crippen molar-refractivity contribution in [2.75, 3.05) is 6.61 Å². The molecule has 0 atom stereocenters. The van der Waals surface area contributed by atoms with Crippen LogP contribution in [0.15, 0.2) is 71.2 Å². The molecule has 136 valence electrons. The molecule has 0 aliphatic rings. The number of aromatic nitrogens is 1. The van der Waals surface area contributed by atoms with Crippen molar-refractivity contribution >= 4 is 43.7 Å². The molecule has 1 heterocycles. The van der Waals surface area contributed by atoms with E-state index in [9.17, 15) is 4.79 Å². The second-order valence-corrected chi connectivity index (χ2v) is 7.41. The van der Waals surface area contributed by atoms with Gasteiger partial charge in [-0.15, -0.1) is 0 Å². The Labute approximate surface area is 166 Å². The average molecular weight is 422 g/mol. The molecule has 0 amide bonds. The maximum Gasteiger partial charge on any atom is 0.338 e. The second-order valence-electron chi connectivity index (χ2n) is 6.50. The van der Waals surface area contributed by atoms with Gasteiger partial charge in [0.05, 0.1) is 12.2 Å². The highest BCUT2D eigenvalue weighted by Gasteiger charge is 2.14. The summed E-state index contributed by atoms with van der Waals surface area (Å²) in [5.74, 6) is -0.272. The summed E-state index contributed by atoms with van der Waals surface area (Å²) in [6.07, 6.45) is 0.945. The third kappa shape index (κ3) is 3.50. The Hall–Kier alpha value is -2.59. The molecule has 3 nitrogen and oxygen atoms in total. The third-order valence-electron chi connectivity index (χ3n) is 4.82. The number of fused-ring (bicyclic) bond motifs is 3. The van der Waals surface area contributed by atoms with Crippen LogP contribution in [0.2, 0.25) is 0 Å². The summed E-state index contributed by atoms with van der Waals surface area (Å²) >= 11 is 3.49. The van der Waals surface area contributed by atoms with Crippen molar-refractivity contribution in [3.63, 3.8) is 0 Å². The topological polar surface area (TPSA) is 31.2 Å². The van der Waals surface area contributed by atoms with Crippen molar-refractivity contribution in [1.82, 2.24) is 4.57 Å². The highest BCUT2D eigenvalue weighted by molar-refractivity contribution is 9.10. The van der Waals surface area contributed by atoms with Crippen LogP contribution < -0.4 is 0 Å². The molecule has 0 fully saturated rings. The monoisotopic (exact) mass is 421 g/mol. The van der Waals surface area contributed by atoms with Gasteiger partial charge in [0, 0.05) is 32.8 Å². The molecule has 0 saturated heterocycles. The molecule has 0 unspecified atom stereocenters. The van der Waals surface area contributed by atoms with Crippen LogP contribution in [0.1, 0.15) is 22.8 Å². The summed E-state index contributed by atoms with van der Waals surface area (Å²) < 4.78 is 8.59. The first-order valence-corrected chi connectivity index (χ1v) is 9.89. The fourth-order valence-corrected chi connectivity index (χ4v) is 3.79. The van der Waals surface area contributed by atoms with E-state index in [0.717, 1.165) is 33.7 Å². The van der Waals surface area contributed by atoms with Crippen molar-refractivity contribution in [2.24, 2.45) is 0 Å². The van der Waals surface area contributed by atoms with E-state index in [4.69, 9.17) is 4.74 Å². The van der Waals surface area contributed by atoms with E-state index in [1.54, 1.807) is 0 Å². The van der Waals surface area contributed by atoms with Crippen LogP contribution in [0, 0.1) is 0 Å². The molecule has 4 aromatic rings. The van der Waals surface area contributed by atoms with Gasteiger partial charge in [0.2, 0.25) is 0 Å². The Kier molecular flexibility index (Phi) is 4.99. The van der Waals surface area contributed by atoms with Crippen molar-refractivity contribution in [2.45, 2.75) is 19.9 Å². The Morgan fingerprint density at radius 3 is 2.48 bits per heavy atom. The SMILES string of the molecule is CCOC(=O)c1ccc2c(c1)c1ccccc1n2CCc1ccc(Br)cc1. The van der Waals surface area contributed by atoms with Gasteiger partial charge in [-0.1, -0.05) is 46.3 Å². The number of benzene rings is 3. The highest BCUT2D eigenvalue weighted by Crippen LogP contribution is 2.30. The fourth-order valence-electron chi connectivity index (χ4n) is 3.53. The standard InChI is InChI=1S/C23H20BrNO2/c1-2-27-23(26)17-9-12-22-20(15-17)19-5-3-4-6-21(19)25(22)14-13-16-7-10-18(24)11-8-16/h3-12,15H,2,13-14H2,1H3. The number of hydrogen-bond donors (Lipinski definition) is 0. The molecule has 0 aliphatic carbocycles. The molecule has 4 rings (SSSR count). The van der Waals surface area contributed by atoms with E-state index < -0.39 is 0 Å². The zero-order chi connectivity index (χ0) is 18.8. The molecule has 0 aliphatic heterocycles. The lowest BCUT2D eigenvalue weighted by molar-refractivity contribution is 0.0526. The Balaban J connectivity index is 1.76. The Bertz CT molecular complexity index is 1110. The van der Waals surface area contributed by atoms with Gasteiger partial charge in [-0.25, -0.2) is 4.79 Å². The zero-order valence-corrected chi connectivity index (χ0v) is 16.7. The molecule has 0 N–H and O–H groups in total. The summed E-state index contributed by atoms with van der Waals surface area (Å²) in [6, 6.07) is 22.6. The van der Waals surface area contributed by atoms with Gasteiger partial charge < -0.3 is 9.30 Å². The van der Waals surface area contributed by atoms with Gasteiger partial charge >= 0.3 is 5.97 Å². The predicted octanol–water partition coefficient (Wildman–Crippen LogP) is 5.98. The first kappa shape index (κ1) is 17.8. The smallest absolute Gasteiger partial charge is 0.338 e. The number of esters is 1. The van der Waals surface area contributed by atoms with Crippen molar-refractivity contribution in [1.29, 1.82) is 0 Å². The first-order chi connectivity index (χ1) is 13.2. The number of carbonyl (C=O) groups is 1. The quantitative estimate of drug-likeness (QED) is 0.371. The van der Waals surface area contributed by atoms with Gasteiger partial charge in [0.25, 0.3) is 0 Å². The molecule has 1 aromatic heterocycles. The maximum atomic E-state index is 12.1. The van der Waals surface area contributed by atoms with E-state index in [2.05, 4.69) is 63.0 Å². The second kappa shape index (κ2) is 7.57. The molecular weight excluding hydrogens is 402 g/mol. The zero-order valence-electron chi connectivity index (χ0n) is 15.1. The molecule has 4 heteroatoms. The van der Waals surface area contributed by atoms with Crippen LogP contribution >= 0.6 is 15.9 Å². The van der Waals surface area contributed by atoms with Crippen LogP contribution in [-0.2, 0) is 17.7 Å². The van der Waals surface area contributed by atoms with Crippen LogP contribution in [-0.4, -0.2) is 17.1 Å². The van der Waals surface area contributed by atoms with E-state index in [-0.39, 0.29) is 5.97 Å². The number of para-hydroxylation sites is 1. The van der Waals surface area contributed by atoms with E-state index >= 15 is 0 Å². The van der Waals surface area contributed by atoms with Crippen LogP contribution in [0.4, 0.5) is 0 Å². The number of ether oxygens (including phenoxy) is 1. The summed E-state index contributed by atoms with van der Waals surface area (Å²) in [7, 11) is 0. The fraction of sp³-hybridized carbons (Fsp3) is 0.174. The Morgan fingerprint density at radius 2 is 1.70 bits per heavy atom. The van der Waals surface area contributed by atoms with E-state index in [0.29, 0.717) is 12.2 Å². The minimum Gasteiger partial charge on any atom is -0.462 e. The number of hydrogen-bond acceptors (Lipinski definition) is 2. The van der Waals surface area contributed by atoms with Crippen LogP contribution in [0.25, 0.3) is 21.8 Å². The molecule has 3 aromatic carbocycles. The number of halogens is 1. The molecule has 0 saturated carbocycles. The number of nitrogens with zero attached hydrogens (tertiary/aromatic N) is 1. The predicted molar refractivity (Wildman–Crippen MR) is 113 cm³/mol. The lowest BCUT2D eigenvalue weighted by Crippen LogP contribution is -2.04. The van der Waals surface area contributed by atoms with Gasteiger partial charge in [-0.3, -0.25) is 0 Å². The third-order valence-corrected chi connectivity index (χ3v) is 5.35. The largest absolute Gasteiger partial charge is 0.462 e. The summed E-state index contributed by atoms with van der Waals surface area (Å²) in [6.45, 7) is 3.08. The lowest BCUT2D eigenvalue weighted by Gasteiger charge is -2.08. The minimum atomic E-state index is -0.272. The summed E-state index contributed by atoms with van der Waals surface area (Å²) in [5.41, 5.74) is 4.22. The summed E-state index contributed by atoms with van der Waals surface area (Å²) in [5, 5.41) is 2.25. The lowest BCUT2D eigenvalue weighted by atomic mass is 10.1. The minimum absolute atomic E-state index is 0.272. The number of aryl methyl sites for hydroxylation is 2. The Morgan fingerprint density at radius 1 is 0.963 bits per heavy atom. The van der Waals surface area contributed by atoms with Gasteiger partial charge in [-0.05, 0) is 55.3 Å². The molecule has 27 heavy (non-hydrogen) atoms. The van der Waals surface area contributed by atoms with E-state index in [1.165, 1.54) is 11.1 Å². The number of rotatable bonds is 5. The number of carbonyl (C=O) groups excluding carboxylic acids is 1. The van der Waals surface area contributed by atoms with E-state index in [1.807, 2.05) is 31.2 Å². The van der Waals surface area contributed by atoms with Crippen molar-refractivity contribution < 1.29 is 9.53 Å². The molecular formula is C23H20BrNO2. The maximum absolute atomic E-state index is 12.1. The van der Waals surface area contributed by atoms with Crippen molar-refractivity contribution in [3.8, 4) is 0 Å². The van der Waals surface area contributed by atoms with Gasteiger partial charge in [-0.2, -0.15) is 0 Å². The molecule has 0 bridgehead atoms. The summed E-state index contributed by atoms with van der Waals surface area (Å²) in [4.78, 5) is 12.1. The molecule has 0 radical (unpaired) electrons. The van der Waals surface area contributed by atoms with Crippen LogP contribution in [0.5, 0.6) is 0 Å². The van der Waals surface area contributed by atoms with Gasteiger partial charge in [0.1, 0.15) is 0 Å². The first-order valence-electron chi connectivity index (χ1n) is 9.10. The van der Waals surface area contributed by atoms with Gasteiger partial charge in [0.15, 0.2) is 0 Å². The highest BCUT2D eigenvalue weighted by atomic mass is 79.9. The normalized spacial score (nSPS) is 11.2. The van der Waals surface area contributed by atoms with Crippen LogP contribution in [0.3, 0.4) is 0 Å². The molecule has 0 spiro atoms. The average Bonchev–Trinajstić information content (AvgIpc) is 3.01.